The van der Waals surface area contributed by atoms with Crippen molar-refractivity contribution in [2.75, 3.05) is 6.61 Å². The topological polar surface area (TPSA) is 72.8 Å². The van der Waals surface area contributed by atoms with Gasteiger partial charge in [0.1, 0.15) is 11.5 Å². The molecule has 0 spiro atoms. The first kappa shape index (κ1) is 25.0. The third-order valence-electron chi connectivity index (χ3n) is 4.98. The lowest BCUT2D eigenvalue weighted by Crippen LogP contribution is -2.19. The van der Waals surface area contributed by atoms with Gasteiger partial charge in [0, 0.05) is 0 Å². The maximum absolute atomic E-state index is 11.0. The van der Waals surface area contributed by atoms with E-state index in [1.165, 1.54) is 95.6 Å². The first-order valence-electron chi connectivity index (χ1n) is 11.3. The lowest BCUT2D eigenvalue weighted by molar-refractivity contribution is -0.158. The minimum Gasteiger partial charge on any atom is -0.494 e. The molecule has 0 aliphatic rings. The summed E-state index contributed by atoms with van der Waals surface area (Å²) in [6, 6.07) is 6.41. The van der Waals surface area contributed by atoms with Gasteiger partial charge in [-0.15, -0.1) is 0 Å². The largest absolute Gasteiger partial charge is 0.494 e. The van der Waals surface area contributed by atoms with Crippen LogP contribution in [0.1, 0.15) is 96.8 Å². The molecule has 1 aromatic carbocycles. The highest BCUT2D eigenvalue weighted by Crippen LogP contribution is 2.18. The summed E-state index contributed by atoms with van der Waals surface area (Å²) in [5, 5.41) is 8.50. The van der Waals surface area contributed by atoms with Gasteiger partial charge in [0.2, 0.25) is 0 Å². The van der Waals surface area contributed by atoms with Gasteiger partial charge in [0.05, 0.1) is 6.61 Å². The van der Waals surface area contributed by atoms with Crippen molar-refractivity contribution in [1.29, 1.82) is 0 Å². The van der Waals surface area contributed by atoms with Gasteiger partial charge < -0.3 is 14.6 Å². The molecule has 164 valence electrons. The standard InChI is InChI=1S/C24H38O5/c1-2-3-4-5-6-7-8-9-10-11-12-13-14-15-20-28-21-16-18-22(19-17-21)29-24(27)23(25)26/h16-19H,2-15,20H2,1H3,(H,25,26). The molecule has 5 nitrogen and oxygen atoms in total. The predicted molar refractivity (Wildman–Crippen MR) is 116 cm³/mol. The fraction of sp³-hybridized carbons (Fsp3) is 0.667. The van der Waals surface area contributed by atoms with Crippen LogP contribution in [0.25, 0.3) is 0 Å². The van der Waals surface area contributed by atoms with Crippen molar-refractivity contribution in [1.82, 2.24) is 0 Å². The first-order chi connectivity index (χ1) is 14.1. The molecule has 0 aliphatic heterocycles. The summed E-state index contributed by atoms with van der Waals surface area (Å²) in [6.45, 7) is 2.92. The second-order valence-corrected chi connectivity index (χ2v) is 7.61. The highest BCUT2D eigenvalue weighted by molar-refractivity contribution is 6.29. The van der Waals surface area contributed by atoms with Crippen LogP contribution in [0, 0.1) is 0 Å². The Morgan fingerprint density at radius 1 is 0.690 bits per heavy atom. The molecule has 0 aromatic heterocycles. The van der Waals surface area contributed by atoms with E-state index in [1.54, 1.807) is 12.1 Å². The van der Waals surface area contributed by atoms with Crippen molar-refractivity contribution in [2.45, 2.75) is 96.8 Å². The number of carbonyl (C=O) groups is 2. The van der Waals surface area contributed by atoms with E-state index in [1.807, 2.05) is 0 Å². The number of carboxylic acid groups (broad SMARTS) is 1. The van der Waals surface area contributed by atoms with Crippen molar-refractivity contribution >= 4 is 11.9 Å². The van der Waals surface area contributed by atoms with Gasteiger partial charge in [-0.3, -0.25) is 0 Å². The fourth-order valence-corrected chi connectivity index (χ4v) is 3.24. The van der Waals surface area contributed by atoms with Crippen LogP contribution < -0.4 is 9.47 Å². The number of carbonyl (C=O) groups excluding carboxylic acids is 1. The molecule has 0 bridgehead atoms. The van der Waals surface area contributed by atoms with Crippen LogP contribution in [-0.2, 0) is 9.59 Å². The van der Waals surface area contributed by atoms with Crippen molar-refractivity contribution in [3.8, 4) is 11.5 Å². The Labute approximate surface area is 175 Å². The number of benzene rings is 1. The van der Waals surface area contributed by atoms with Crippen LogP contribution in [0.15, 0.2) is 24.3 Å². The Balaban J connectivity index is 1.91. The summed E-state index contributed by atoms with van der Waals surface area (Å²) in [4.78, 5) is 21.4. The van der Waals surface area contributed by atoms with E-state index in [0.29, 0.717) is 12.4 Å². The summed E-state index contributed by atoms with van der Waals surface area (Å²) in [6.07, 6.45) is 18.6. The van der Waals surface area contributed by atoms with Crippen LogP contribution in [0.4, 0.5) is 0 Å². The van der Waals surface area contributed by atoms with Crippen molar-refractivity contribution in [3.05, 3.63) is 24.3 Å². The zero-order valence-corrected chi connectivity index (χ0v) is 18.0. The monoisotopic (exact) mass is 406 g/mol. The molecule has 1 N–H and O–H groups in total. The molecule has 29 heavy (non-hydrogen) atoms. The summed E-state index contributed by atoms with van der Waals surface area (Å²) >= 11 is 0. The third-order valence-corrected chi connectivity index (χ3v) is 4.98. The molecule has 0 radical (unpaired) electrons. The molecule has 0 atom stereocenters. The van der Waals surface area contributed by atoms with Gasteiger partial charge in [0.25, 0.3) is 0 Å². The number of esters is 1. The van der Waals surface area contributed by atoms with Crippen LogP contribution in [0.2, 0.25) is 0 Å². The lowest BCUT2D eigenvalue weighted by atomic mass is 10.0. The minimum absolute atomic E-state index is 0.196. The highest BCUT2D eigenvalue weighted by atomic mass is 16.6. The molecule has 1 rings (SSSR count). The number of hydrogen-bond acceptors (Lipinski definition) is 4. The lowest BCUT2D eigenvalue weighted by Gasteiger charge is -2.07. The molecule has 5 heteroatoms. The van der Waals surface area contributed by atoms with E-state index < -0.39 is 11.9 Å². The minimum atomic E-state index is -1.61. The fourth-order valence-electron chi connectivity index (χ4n) is 3.24. The number of carboxylic acids is 1. The van der Waals surface area contributed by atoms with Gasteiger partial charge in [-0.25, -0.2) is 9.59 Å². The van der Waals surface area contributed by atoms with E-state index in [9.17, 15) is 9.59 Å². The van der Waals surface area contributed by atoms with Crippen molar-refractivity contribution < 1.29 is 24.2 Å². The van der Waals surface area contributed by atoms with Crippen LogP contribution in [-0.4, -0.2) is 23.7 Å². The van der Waals surface area contributed by atoms with Gasteiger partial charge in [-0.05, 0) is 30.7 Å². The van der Waals surface area contributed by atoms with E-state index in [-0.39, 0.29) is 5.75 Å². The summed E-state index contributed by atoms with van der Waals surface area (Å²) < 4.78 is 10.3. The van der Waals surface area contributed by atoms with E-state index in [0.717, 1.165) is 6.42 Å². The molecule has 0 fully saturated rings. The van der Waals surface area contributed by atoms with Crippen LogP contribution in [0.3, 0.4) is 0 Å². The summed E-state index contributed by atoms with van der Waals surface area (Å²) in [7, 11) is 0. The molecular weight excluding hydrogens is 368 g/mol. The van der Waals surface area contributed by atoms with Gasteiger partial charge in [-0.1, -0.05) is 90.4 Å². The summed E-state index contributed by atoms with van der Waals surface area (Å²) in [5.74, 6) is -2.01. The van der Waals surface area contributed by atoms with E-state index >= 15 is 0 Å². The Bertz CT molecular complexity index is 553. The number of unbranched alkanes of at least 4 members (excludes halogenated alkanes) is 13. The second kappa shape index (κ2) is 16.9. The number of hydrogen-bond donors (Lipinski definition) is 1. The molecule has 0 saturated carbocycles. The maximum Gasteiger partial charge on any atom is 0.422 e. The molecule has 0 unspecified atom stereocenters. The molecule has 0 saturated heterocycles. The average Bonchev–Trinajstić information content (AvgIpc) is 2.72. The quantitative estimate of drug-likeness (QED) is 0.138. The Kier molecular flexibility index (Phi) is 14.5. The van der Waals surface area contributed by atoms with E-state index in [2.05, 4.69) is 11.7 Å². The number of rotatable bonds is 17. The number of aliphatic carboxylic acids is 1. The van der Waals surface area contributed by atoms with Crippen molar-refractivity contribution in [3.63, 3.8) is 0 Å². The first-order valence-corrected chi connectivity index (χ1v) is 11.3. The Hall–Kier alpha value is -2.04. The summed E-state index contributed by atoms with van der Waals surface area (Å²) in [5.41, 5.74) is 0. The van der Waals surface area contributed by atoms with Gasteiger partial charge >= 0.3 is 11.9 Å². The Morgan fingerprint density at radius 3 is 1.55 bits per heavy atom. The van der Waals surface area contributed by atoms with Crippen LogP contribution in [0.5, 0.6) is 11.5 Å². The zero-order valence-electron chi connectivity index (χ0n) is 18.0. The predicted octanol–water partition coefficient (Wildman–Crippen LogP) is 6.54. The third kappa shape index (κ3) is 13.7. The molecule has 0 amide bonds. The molecule has 0 heterocycles. The van der Waals surface area contributed by atoms with Gasteiger partial charge in [-0.2, -0.15) is 0 Å². The molecular formula is C24H38O5. The Morgan fingerprint density at radius 2 is 1.10 bits per heavy atom. The maximum atomic E-state index is 11.0. The molecule has 1 aromatic rings. The zero-order chi connectivity index (χ0) is 21.2. The smallest absolute Gasteiger partial charge is 0.422 e. The average molecular weight is 407 g/mol. The normalized spacial score (nSPS) is 10.7. The highest BCUT2D eigenvalue weighted by Gasteiger charge is 2.13. The number of ether oxygens (including phenoxy) is 2. The molecule has 0 aliphatic carbocycles. The van der Waals surface area contributed by atoms with E-state index in [4.69, 9.17) is 9.84 Å². The van der Waals surface area contributed by atoms with Gasteiger partial charge in [0.15, 0.2) is 0 Å². The van der Waals surface area contributed by atoms with Crippen molar-refractivity contribution in [2.24, 2.45) is 0 Å². The second-order valence-electron chi connectivity index (χ2n) is 7.61. The van der Waals surface area contributed by atoms with Crippen LogP contribution >= 0.6 is 0 Å². The SMILES string of the molecule is CCCCCCCCCCCCCCCCOc1ccc(OC(=O)C(=O)O)cc1.